The Hall–Kier alpha value is -0.580. The van der Waals surface area contributed by atoms with Crippen molar-refractivity contribution in [1.29, 1.82) is 0 Å². The maximum Gasteiger partial charge on any atom is 0.131 e. The van der Waals surface area contributed by atoms with E-state index in [9.17, 15) is 0 Å². The summed E-state index contributed by atoms with van der Waals surface area (Å²) in [5, 5.41) is 14.0. The first kappa shape index (κ1) is 13.5. The van der Waals surface area contributed by atoms with Crippen LogP contribution >= 0.6 is 11.6 Å². The zero-order valence-corrected chi connectivity index (χ0v) is 11.0. The minimum Gasteiger partial charge on any atom is -0.395 e. The third kappa shape index (κ3) is 2.97. The lowest BCUT2D eigenvalue weighted by Crippen LogP contribution is -2.26. The van der Waals surface area contributed by atoms with Crippen LogP contribution in [0.15, 0.2) is 0 Å². The van der Waals surface area contributed by atoms with Gasteiger partial charge in [0.1, 0.15) is 5.15 Å². The Morgan fingerprint density at radius 1 is 1.44 bits per heavy atom. The predicted molar refractivity (Wildman–Crippen MR) is 65.6 cm³/mol. The fourth-order valence-corrected chi connectivity index (χ4v) is 1.96. The molecule has 0 unspecified atom stereocenters. The van der Waals surface area contributed by atoms with E-state index in [0.29, 0.717) is 11.7 Å². The maximum atomic E-state index is 8.95. The van der Waals surface area contributed by atoms with E-state index in [4.69, 9.17) is 16.7 Å². The van der Waals surface area contributed by atoms with Gasteiger partial charge in [0, 0.05) is 25.7 Å². The Bertz CT molecular complexity index is 338. The number of hydrogen-bond acceptors (Lipinski definition) is 3. The van der Waals surface area contributed by atoms with Crippen molar-refractivity contribution in [2.45, 2.75) is 26.8 Å². The van der Waals surface area contributed by atoms with Crippen LogP contribution in [0.3, 0.4) is 0 Å². The smallest absolute Gasteiger partial charge is 0.131 e. The summed E-state index contributed by atoms with van der Waals surface area (Å²) in [6, 6.07) is 0. The summed E-state index contributed by atoms with van der Waals surface area (Å²) in [6.07, 6.45) is 0.882. The number of rotatable bonds is 6. The molecule has 0 aliphatic carbocycles. The lowest BCUT2D eigenvalue weighted by atomic mass is 10.2. The van der Waals surface area contributed by atoms with Crippen LogP contribution in [0.25, 0.3) is 0 Å². The van der Waals surface area contributed by atoms with Crippen LogP contribution in [0.4, 0.5) is 0 Å². The molecule has 0 radical (unpaired) electrons. The van der Waals surface area contributed by atoms with Gasteiger partial charge in [0.25, 0.3) is 0 Å². The summed E-state index contributed by atoms with van der Waals surface area (Å²) in [7, 11) is 1.85. The SMILES string of the molecule is CCc1nn(C)c(Cl)c1CN(CC)CCO. The number of hydrogen-bond donors (Lipinski definition) is 1. The van der Waals surface area contributed by atoms with Gasteiger partial charge >= 0.3 is 0 Å². The van der Waals surface area contributed by atoms with Crippen molar-refractivity contribution in [3.63, 3.8) is 0 Å². The second-order valence-electron chi connectivity index (χ2n) is 3.79. The zero-order valence-electron chi connectivity index (χ0n) is 10.2. The fourth-order valence-electron chi connectivity index (χ4n) is 1.75. The molecule has 0 aliphatic rings. The van der Waals surface area contributed by atoms with Gasteiger partial charge in [-0.2, -0.15) is 5.10 Å². The first-order valence-electron chi connectivity index (χ1n) is 5.67. The molecule has 0 aromatic carbocycles. The summed E-state index contributed by atoms with van der Waals surface area (Å²) < 4.78 is 1.71. The highest BCUT2D eigenvalue weighted by atomic mass is 35.5. The molecule has 0 atom stereocenters. The Morgan fingerprint density at radius 2 is 2.12 bits per heavy atom. The second kappa shape index (κ2) is 6.23. The Balaban J connectivity index is 2.85. The van der Waals surface area contributed by atoms with Gasteiger partial charge in [0.2, 0.25) is 0 Å². The van der Waals surface area contributed by atoms with Crippen molar-refractivity contribution in [2.75, 3.05) is 19.7 Å². The fraction of sp³-hybridized carbons (Fsp3) is 0.727. The molecule has 0 saturated heterocycles. The second-order valence-corrected chi connectivity index (χ2v) is 4.14. The van der Waals surface area contributed by atoms with Gasteiger partial charge in [-0.15, -0.1) is 0 Å². The van der Waals surface area contributed by atoms with E-state index in [2.05, 4.69) is 23.8 Å². The lowest BCUT2D eigenvalue weighted by Gasteiger charge is -2.19. The normalized spacial score (nSPS) is 11.4. The van der Waals surface area contributed by atoms with Crippen LogP contribution < -0.4 is 0 Å². The molecule has 1 N–H and O–H groups in total. The number of nitrogens with zero attached hydrogens (tertiary/aromatic N) is 3. The highest BCUT2D eigenvalue weighted by Crippen LogP contribution is 2.21. The van der Waals surface area contributed by atoms with Gasteiger partial charge in [-0.25, -0.2) is 0 Å². The Morgan fingerprint density at radius 3 is 2.62 bits per heavy atom. The average Bonchev–Trinajstić information content (AvgIpc) is 2.55. The van der Waals surface area contributed by atoms with E-state index >= 15 is 0 Å². The standard InChI is InChI=1S/C11H20ClN3O/c1-4-10-9(11(12)14(3)13-10)8-15(5-2)6-7-16/h16H,4-8H2,1-3H3. The molecule has 16 heavy (non-hydrogen) atoms. The van der Waals surface area contributed by atoms with Gasteiger partial charge in [0.05, 0.1) is 12.3 Å². The molecule has 0 bridgehead atoms. The van der Waals surface area contributed by atoms with E-state index < -0.39 is 0 Å². The topological polar surface area (TPSA) is 41.3 Å². The maximum absolute atomic E-state index is 8.95. The molecule has 5 heteroatoms. The van der Waals surface area contributed by atoms with Crippen molar-refractivity contribution in [1.82, 2.24) is 14.7 Å². The lowest BCUT2D eigenvalue weighted by molar-refractivity contribution is 0.196. The minimum atomic E-state index is 0.174. The van der Waals surface area contributed by atoms with E-state index in [-0.39, 0.29) is 6.61 Å². The number of aryl methyl sites for hydroxylation is 2. The molecule has 0 amide bonds. The van der Waals surface area contributed by atoms with Crippen molar-refractivity contribution in [2.24, 2.45) is 7.05 Å². The molecule has 1 aromatic rings. The van der Waals surface area contributed by atoms with Crippen LogP contribution in [0.2, 0.25) is 5.15 Å². The van der Waals surface area contributed by atoms with Gasteiger partial charge in [0.15, 0.2) is 0 Å². The van der Waals surface area contributed by atoms with E-state index in [1.807, 2.05) is 7.05 Å². The third-order valence-electron chi connectivity index (χ3n) is 2.73. The molecule has 4 nitrogen and oxygen atoms in total. The summed E-state index contributed by atoms with van der Waals surface area (Å²) in [5.74, 6) is 0. The van der Waals surface area contributed by atoms with E-state index in [1.165, 1.54) is 0 Å². The molecule has 0 fully saturated rings. The molecule has 0 saturated carbocycles. The van der Waals surface area contributed by atoms with Crippen LogP contribution in [-0.4, -0.2) is 39.5 Å². The Labute approximate surface area is 102 Å². The average molecular weight is 246 g/mol. The molecule has 92 valence electrons. The number of likely N-dealkylation sites (N-methyl/N-ethyl adjacent to an activating group) is 1. The molecule has 1 aromatic heterocycles. The zero-order chi connectivity index (χ0) is 12.1. The molecular weight excluding hydrogens is 226 g/mol. The van der Waals surface area contributed by atoms with Crippen molar-refractivity contribution in [3.8, 4) is 0 Å². The third-order valence-corrected chi connectivity index (χ3v) is 3.20. The molecule has 1 rings (SSSR count). The molecule has 1 heterocycles. The van der Waals surface area contributed by atoms with Gasteiger partial charge in [-0.05, 0) is 13.0 Å². The van der Waals surface area contributed by atoms with Crippen molar-refractivity contribution < 1.29 is 5.11 Å². The molecule has 0 spiro atoms. The highest BCUT2D eigenvalue weighted by Gasteiger charge is 2.15. The van der Waals surface area contributed by atoms with Crippen LogP contribution in [0, 0.1) is 0 Å². The van der Waals surface area contributed by atoms with Gasteiger partial charge in [-0.3, -0.25) is 9.58 Å². The predicted octanol–water partition coefficient (Wildman–Crippen LogP) is 1.45. The first-order chi connectivity index (χ1) is 7.63. The number of halogens is 1. The quantitative estimate of drug-likeness (QED) is 0.825. The number of aliphatic hydroxyl groups is 1. The van der Waals surface area contributed by atoms with Crippen LogP contribution in [0.5, 0.6) is 0 Å². The van der Waals surface area contributed by atoms with Crippen molar-refractivity contribution in [3.05, 3.63) is 16.4 Å². The van der Waals surface area contributed by atoms with Crippen LogP contribution in [-0.2, 0) is 20.0 Å². The van der Waals surface area contributed by atoms with Crippen LogP contribution in [0.1, 0.15) is 25.1 Å². The summed E-state index contributed by atoms with van der Waals surface area (Å²) in [6.45, 7) is 6.65. The Kier molecular flexibility index (Phi) is 5.25. The summed E-state index contributed by atoms with van der Waals surface area (Å²) in [5.41, 5.74) is 2.13. The first-order valence-corrected chi connectivity index (χ1v) is 6.05. The largest absolute Gasteiger partial charge is 0.395 e. The van der Waals surface area contributed by atoms with Crippen molar-refractivity contribution >= 4 is 11.6 Å². The summed E-state index contributed by atoms with van der Waals surface area (Å²) >= 11 is 6.21. The number of aliphatic hydroxyl groups excluding tert-OH is 1. The number of aromatic nitrogens is 2. The monoisotopic (exact) mass is 245 g/mol. The summed E-state index contributed by atoms with van der Waals surface area (Å²) in [4.78, 5) is 2.15. The van der Waals surface area contributed by atoms with E-state index in [1.54, 1.807) is 4.68 Å². The van der Waals surface area contributed by atoms with Gasteiger partial charge in [-0.1, -0.05) is 25.4 Å². The highest BCUT2D eigenvalue weighted by molar-refractivity contribution is 6.30. The molecular formula is C11H20ClN3O. The van der Waals surface area contributed by atoms with E-state index in [0.717, 1.165) is 30.8 Å². The minimum absolute atomic E-state index is 0.174. The van der Waals surface area contributed by atoms with Gasteiger partial charge < -0.3 is 5.11 Å². The molecule has 0 aliphatic heterocycles.